The van der Waals surface area contributed by atoms with Crippen LogP contribution < -0.4 is 10.5 Å². The Kier molecular flexibility index (Phi) is 6.22. The van der Waals surface area contributed by atoms with Gasteiger partial charge in [0.15, 0.2) is 17.3 Å². The molecule has 1 fully saturated rings. The summed E-state index contributed by atoms with van der Waals surface area (Å²) in [6.07, 6.45) is 6.03. The summed E-state index contributed by atoms with van der Waals surface area (Å²) in [5, 5.41) is 10.1. The van der Waals surface area contributed by atoms with Crippen LogP contribution in [0.5, 0.6) is 11.5 Å². The number of ether oxygens (including phenoxy) is 1. The molecule has 0 heterocycles. The highest BCUT2D eigenvalue weighted by molar-refractivity contribution is 6.01. The molecule has 1 aromatic carbocycles. The second-order valence-corrected chi connectivity index (χ2v) is 8.05. The van der Waals surface area contributed by atoms with Gasteiger partial charge in [-0.3, -0.25) is 9.59 Å². The zero-order chi connectivity index (χ0) is 18.6. The maximum absolute atomic E-state index is 12.4. The van der Waals surface area contributed by atoms with Gasteiger partial charge in [-0.15, -0.1) is 0 Å². The van der Waals surface area contributed by atoms with Crippen LogP contribution in [-0.2, 0) is 4.79 Å². The maximum atomic E-state index is 12.4. The van der Waals surface area contributed by atoms with Crippen molar-refractivity contribution in [3.63, 3.8) is 0 Å². The molecule has 0 spiro atoms. The van der Waals surface area contributed by atoms with Crippen molar-refractivity contribution in [1.82, 2.24) is 0 Å². The molecule has 1 saturated carbocycles. The predicted octanol–water partition coefficient (Wildman–Crippen LogP) is 3.82. The fourth-order valence-electron chi connectivity index (χ4n) is 3.12. The highest BCUT2D eigenvalue weighted by Crippen LogP contribution is 2.31. The first kappa shape index (κ1) is 19.4. The Labute approximate surface area is 149 Å². The number of aromatic hydroxyl groups is 1. The van der Waals surface area contributed by atoms with Crippen molar-refractivity contribution >= 4 is 11.8 Å². The van der Waals surface area contributed by atoms with Crippen molar-refractivity contribution in [2.45, 2.75) is 65.3 Å². The quantitative estimate of drug-likeness (QED) is 0.464. The fourth-order valence-corrected chi connectivity index (χ4v) is 3.12. The smallest absolute Gasteiger partial charge is 0.311 e. The van der Waals surface area contributed by atoms with E-state index in [-0.39, 0.29) is 28.7 Å². The average Bonchev–Trinajstić information content (AvgIpc) is 3.06. The van der Waals surface area contributed by atoms with E-state index >= 15 is 0 Å². The lowest BCUT2D eigenvalue weighted by atomic mass is 9.83. The fraction of sp³-hybridized carbons (Fsp3) is 0.600. The molecule has 1 aliphatic carbocycles. The van der Waals surface area contributed by atoms with Crippen molar-refractivity contribution in [2.24, 2.45) is 17.1 Å². The van der Waals surface area contributed by atoms with Crippen LogP contribution in [0.4, 0.5) is 0 Å². The number of Topliss-reactive ketones (excluding diaryl/α,β-unsaturated/α-hetero) is 1. The zero-order valence-electron chi connectivity index (χ0n) is 15.4. The summed E-state index contributed by atoms with van der Waals surface area (Å²) in [5.74, 6) is -0.131. The molecule has 5 heteroatoms. The molecule has 2 rings (SSSR count). The van der Waals surface area contributed by atoms with Crippen LogP contribution in [0.25, 0.3) is 0 Å². The largest absolute Gasteiger partial charge is 0.504 e. The summed E-state index contributed by atoms with van der Waals surface area (Å²) < 4.78 is 5.24. The van der Waals surface area contributed by atoms with E-state index in [0.29, 0.717) is 17.9 Å². The lowest BCUT2D eigenvalue weighted by molar-refractivity contribution is -0.134. The van der Waals surface area contributed by atoms with Gasteiger partial charge in [0, 0.05) is 12.0 Å². The first-order chi connectivity index (χ1) is 11.7. The molecule has 0 radical (unpaired) electrons. The summed E-state index contributed by atoms with van der Waals surface area (Å²) in [5.41, 5.74) is 5.91. The highest BCUT2D eigenvalue weighted by atomic mass is 16.5. The minimum absolute atomic E-state index is 0.0808. The van der Waals surface area contributed by atoms with Gasteiger partial charge in [0.1, 0.15) is 0 Å². The number of phenolic OH excluding ortho intramolecular Hbond substituents is 1. The van der Waals surface area contributed by atoms with Gasteiger partial charge in [-0.1, -0.05) is 46.5 Å². The standard InChI is InChI=1S/C20H29NO4/c1-20(2,3)19(21)18(24)14-9-10-16(15(22)12-14)25-17(23)11-8-13-6-4-5-7-13/h9-10,12-13,19,22H,4-8,11,21H2,1-3H3. The molecule has 0 saturated heterocycles. The molecule has 1 atom stereocenters. The molecule has 1 aliphatic rings. The minimum atomic E-state index is -0.674. The van der Waals surface area contributed by atoms with E-state index < -0.39 is 6.04 Å². The van der Waals surface area contributed by atoms with Crippen molar-refractivity contribution in [3.8, 4) is 11.5 Å². The topological polar surface area (TPSA) is 89.6 Å². The van der Waals surface area contributed by atoms with Crippen LogP contribution >= 0.6 is 0 Å². The summed E-state index contributed by atoms with van der Waals surface area (Å²) in [6, 6.07) is 3.62. The highest BCUT2D eigenvalue weighted by Gasteiger charge is 2.28. The molecule has 1 aromatic rings. The number of nitrogens with two attached hydrogens (primary N) is 1. The third kappa shape index (κ3) is 5.30. The van der Waals surface area contributed by atoms with E-state index in [1.807, 2.05) is 20.8 Å². The third-order valence-electron chi connectivity index (χ3n) is 4.91. The Morgan fingerprint density at radius 1 is 1.28 bits per heavy atom. The van der Waals surface area contributed by atoms with Crippen LogP contribution in [0.1, 0.15) is 69.7 Å². The molecule has 1 unspecified atom stereocenters. The number of ketones is 1. The van der Waals surface area contributed by atoms with Gasteiger partial charge in [-0.05, 0) is 36.0 Å². The second-order valence-electron chi connectivity index (χ2n) is 8.05. The van der Waals surface area contributed by atoms with E-state index in [9.17, 15) is 14.7 Å². The molecule has 0 aliphatic heterocycles. The molecule has 0 aromatic heterocycles. The molecular formula is C20H29NO4. The van der Waals surface area contributed by atoms with Crippen molar-refractivity contribution in [2.75, 3.05) is 0 Å². The summed E-state index contributed by atoms with van der Waals surface area (Å²) >= 11 is 0. The van der Waals surface area contributed by atoms with Gasteiger partial charge >= 0.3 is 5.97 Å². The van der Waals surface area contributed by atoms with Gasteiger partial charge in [0.25, 0.3) is 0 Å². The number of esters is 1. The number of benzene rings is 1. The Morgan fingerprint density at radius 2 is 1.92 bits per heavy atom. The lowest BCUT2D eigenvalue weighted by Crippen LogP contribution is -2.42. The summed E-state index contributed by atoms with van der Waals surface area (Å²) in [6.45, 7) is 5.65. The van der Waals surface area contributed by atoms with Crippen LogP contribution in [0.15, 0.2) is 18.2 Å². The van der Waals surface area contributed by atoms with Crippen LogP contribution in [0, 0.1) is 11.3 Å². The lowest BCUT2D eigenvalue weighted by Gasteiger charge is -2.25. The number of hydrogen-bond acceptors (Lipinski definition) is 5. The van der Waals surface area contributed by atoms with E-state index in [1.165, 1.54) is 43.9 Å². The Hall–Kier alpha value is -1.88. The zero-order valence-corrected chi connectivity index (χ0v) is 15.4. The Bertz CT molecular complexity index is 627. The third-order valence-corrected chi connectivity index (χ3v) is 4.91. The van der Waals surface area contributed by atoms with Crippen LogP contribution in [-0.4, -0.2) is 22.9 Å². The Balaban J connectivity index is 1.96. The summed E-state index contributed by atoms with van der Waals surface area (Å²) in [7, 11) is 0. The van der Waals surface area contributed by atoms with E-state index in [4.69, 9.17) is 10.5 Å². The number of phenols is 1. The first-order valence-electron chi connectivity index (χ1n) is 9.02. The van der Waals surface area contributed by atoms with E-state index in [0.717, 1.165) is 6.42 Å². The van der Waals surface area contributed by atoms with E-state index in [2.05, 4.69) is 0 Å². The SMILES string of the molecule is CC(C)(C)C(N)C(=O)c1ccc(OC(=O)CCC2CCCC2)c(O)c1. The van der Waals surface area contributed by atoms with Crippen LogP contribution in [0.3, 0.4) is 0 Å². The number of carbonyl (C=O) groups excluding carboxylic acids is 2. The van der Waals surface area contributed by atoms with E-state index in [1.54, 1.807) is 0 Å². The van der Waals surface area contributed by atoms with Crippen molar-refractivity contribution in [3.05, 3.63) is 23.8 Å². The van der Waals surface area contributed by atoms with Gasteiger partial charge in [-0.25, -0.2) is 0 Å². The average molecular weight is 347 g/mol. The molecule has 0 amide bonds. The Morgan fingerprint density at radius 3 is 2.48 bits per heavy atom. The van der Waals surface area contributed by atoms with Gasteiger partial charge in [0.2, 0.25) is 0 Å². The molecular weight excluding hydrogens is 318 g/mol. The number of rotatable bonds is 6. The minimum Gasteiger partial charge on any atom is -0.504 e. The molecule has 5 nitrogen and oxygen atoms in total. The second kappa shape index (κ2) is 8.00. The first-order valence-corrected chi connectivity index (χ1v) is 9.02. The molecule has 25 heavy (non-hydrogen) atoms. The maximum Gasteiger partial charge on any atom is 0.311 e. The van der Waals surface area contributed by atoms with Crippen molar-refractivity contribution in [1.29, 1.82) is 0 Å². The van der Waals surface area contributed by atoms with Crippen molar-refractivity contribution < 1.29 is 19.4 Å². The van der Waals surface area contributed by atoms with Gasteiger partial charge < -0.3 is 15.6 Å². The molecule has 138 valence electrons. The van der Waals surface area contributed by atoms with Gasteiger partial charge in [0.05, 0.1) is 6.04 Å². The molecule has 3 N–H and O–H groups in total. The predicted molar refractivity (Wildman–Crippen MR) is 96.7 cm³/mol. The monoisotopic (exact) mass is 347 g/mol. The molecule has 0 bridgehead atoms. The number of hydrogen-bond donors (Lipinski definition) is 2. The van der Waals surface area contributed by atoms with Crippen LogP contribution in [0.2, 0.25) is 0 Å². The number of carbonyl (C=O) groups is 2. The summed E-state index contributed by atoms with van der Waals surface area (Å²) in [4.78, 5) is 24.3. The normalized spacial score (nSPS) is 16.6. The van der Waals surface area contributed by atoms with Gasteiger partial charge in [-0.2, -0.15) is 0 Å².